The maximum atomic E-state index is 3.63. The summed E-state index contributed by atoms with van der Waals surface area (Å²) in [6, 6.07) is 17.8. The van der Waals surface area contributed by atoms with Crippen molar-refractivity contribution in [1.82, 2.24) is 5.32 Å². The van der Waals surface area contributed by atoms with Gasteiger partial charge in [-0.15, -0.1) is 0 Å². The molecule has 106 valence electrons. The molecule has 0 aliphatic rings. The van der Waals surface area contributed by atoms with Crippen molar-refractivity contribution < 1.29 is 0 Å². The van der Waals surface area contributed by atoms with Crippen LogP contribution < -0.4 is 5.32 Å². The zero-order valence-electron chi connectivity index (χ0n) is 12.2. The highest BCUT2D eigenvalue weighted by Gasteiger charge is 2.11. The number of aryl methyl sites for hydroxylation is 2. The van der Waals surface area contributed by atoms with Gasteiger partial charge in [-0.2, -0.15) is 0 Å². The number of hydrogen-bond donors (Lipinski definition) is 1. The molecule has 0 heterocycles. The summed E-state index contributed by atoms with van der Waals surface area (Å²) in [5, 5.41) is 3.59. The lowest BCUT2D eigenvalue weighted by molar-refractivity contribution is 0.515. The van der Waals surface area contributed by atoms with E-state index < -0.39 is 0 Å². The molecule has 0 amide bonds. The highest BCUT2D eigenvalue weighted by atomic mass is 79.9. The van der Waals surface area contributed by atoms with Gasteiger partial charge in [0, 0.05) is 10.5 Å². The van der Waals surface area contributed by atoms with Crippen LogP contribution in [0.25, 0.3) is 0 Å². The molecule has 2 aromatic carbocycles. The molecule has 2 rings (SSSR count). The molecule has 0 spiro atoms. The Morgan fingerprint density at radius 2 is 1.85 bits per heavy atom. The van der Waals surface area contributed by atoms with Crippen LogP contribution in [0.15, 0.2) is 53.0 Å². The first-order valence-electron chi connectivity index (χ1n) is 7.24. The lowest BCUT2D eigenvalue weighted by Crippen LogP contribution is -2.21. The summed E-state index contributed by atoms with van der Waals surface area (Å²) in [6.07, 6.45) is 2.22. The number of rotatable bonds is 6. The molecule has 0 fully saturated rings. The zero-order valence-corrected chi connectivity index (χ0v) is 13.8. The Kier molecular flexibility index (Phi) is 5.81. The van der Waals surface area contributed by atoms with Crippen LogP contribution in [0.3, 0.4) is 0 Å². The molecule has 0 saturated heterocycles. The lowest BCUT2D eigenvalue weighted by Gasteiger charge is -2.19. The highest BCUT2D eigenvalue weighted by molar-refractivity contribution is 9.10. The van der Waals surface area contributed by atoms with Gasteiger partial charge in [0.15, 0.2) is 0 Å². The summed E-state index contributed by atoms with van der Waals surface area (Å²) >= 11 is 3.63. The van der Waals surface area contributed by atoms with Gasteiger partial charge < -0.3 is 5.32 Å². The predicted molar refractivity (Wildman–Crippen MR) is 90.1 cm³/mol. The van der Waals surface area contributed by atoms with E-state index in [0.717, 1.165) is 19.4 Å². The average Bonchev–Trinajstić information content (AvgIpc) is 2.47. The van der Waals surface area contributed by atoms with E-state index in [1.54, 1.807) is 0 Å². The molecule has 1 atom stereocenters. The summed E-state index contributed by atoms with van der Waals surface area (Å²) in [5.74, 6) is 0. The first-order valence-corrected chi connectivity index (χ1v) is 8.03. The Hall–Kier alpha value is -1.12. The van der Waals surface area contributed by atoms with Crippen molar-refractivity contribution in [1.29, 1.82) is 0 Å². The fraction of sp³-hybridized carbons (Fsp3) is 0.333. The zero-order chi connectivity index (χ0) is 14.4. The van der Waals surface area contributed by atoms with E-state index in [4.69, 9.17) is 0 Å². The third kappa shape index (κ3) is 4.19. The van der Waals surface area contributed by atoms with Gasteiger partial charge in [-0.3, -0.25) is 0 Å². The van der Waals surface area contributed by atoms with E-state index in [2.05, 4.69) is 83.6 Å². The number of nitrogens with one attached hydrogen (secondary N) is 1. The second kappa shape index (κ2) is 7.61. The minimum Gasteiger partial charge on any atom is -0.310 e. The van der Waals surface area contributed by atoms with Crippen LogP contribution in [0.4, 0.5) is 0 Å². The van der Waals surface area contributed by atoms with Crippen molar-refractivity contribution in [3.8, 4) is 0 Å². The largest absolute Gasteiger partial charge is 0.310 e. The van der Waals surface area contributed by atoms with E-state index in [-0.39, 0.29) is 0 Å². The minimum atomic E-state index is 0.414. The quantitative estimate of drug-likeness (QED) is 0.781. The second-order valence-electron chi connectivity index (χ2n) is 5.14. The molecular weight excluding hydrogens is 310 g/mol. The molecule has 2 heteroatoms. The van der Waals surface area contributed by atoms with E-state index >= 15 is 0 Å². The summed E-state index contributed by atoms with van der Waals surface area (Å²) < 4.78 is 1.19. The number of hydrogen-bond acceptors (Lipinski definition) is 1. The summed E-state index contributed by atoms with van der Waals surface area (Å²) in [6.45, 7) is 5.28. The highest BCUT2D eigenvalue weighted by Crippen LogP contribution is 2.24. The van der Waals surface area contributed by atoms with E-state index in [9.17, 15) is 0 Å². The molecule has 0 aromatic heterocycles. The van der Waals surface area contributed by atoms with Crippen LogP contribution >= 0.6 is 15.9 Å². The third-order valence-electron chi connectivity index (χ3n) is 3.61. The molecule has 1 nitrogen and oxygen atoms in total. The average molecular weight is 332 g/mol. The van der Waals surface area contributed by atoms with Gasteiger partial charge in [0.2, 0.25) is 0 Å². The summed E-state index contributed by atoms with van der Waals surface area (Å²) in [5.41, 5.74) is 4.05. The Labute approximate surface area is 130 Å². The van der Waals surface area contributed by atoms with Gasteiger partial charge in [-0.25, -0.2) is 0 Å². The molecule has 0 aliphatic carbocycles. The molecule has 1 N–H and O–H groups in total. The number of halogens is 1. The number of benzene rings is 2. The SMILES string of the molecule is CCNC(CCc1ccccc1)c1ccc(C)c(Br)c1. The Bertz CT molecular complexity index is 536. The van der Waals surface area contributed by atoms with Gasteiger partial charge in [0.05, 0.1) is 0 Å². The molecular formula is C18H22BrN. The standard InChI is InChI=1S/C18H22BrN/c1-3-20-18(12-10-15-7-5-4-6-8-15)16-11-9-14(2)17(19)13-16/h4-9,11,13,18,20H,3,10,12H2,1-2H3. The van der Waals surface area contributed by atoms with Crippen molar-refractivity contribution in [3.05, 3.63) is 69.7 Å². The van der Waals surface area contributed by atoms with Crippen molar-refractivity contribution in [2.45, 2.75) is 32.7 Å². The van der Waals surface area contributed by atoms with Crippen LogP contribution in [0, 0.1) is 6.92 Å². The molecule has 0 saturated carbocycles. The summed E-state index contributed by atoms with van der Waals surface area (Å²) in [4.78, 5) is 0. The van der Waals surface area contributed by atoms with Gasteiger partial charge in [-0.1, -0.05) is 65.3 Å². The van der Waals surface area contributed by atoms with Crippen molar-refractivity contribution in [3.63, 3.8) is 0 Å². The van der Waals surface area contributed by atoms with Gasteiger partial charge >= 0.3 is 0 Å². The molecule has 2 aromatic rings. The Balaban J connectivity index is 2.08. The topological polar surface area (TPSA) is 12.0 Å². The third-order valence-corrected chi connectivity index (χ3v) is 4.47. The molecule has 0 aliphatic heterocycles. The van der Waals surface area contributed by atoms with Crippen LogP contribution in [0.1, 0.15) is 36.1 Å². The molecule has 0 bridgehead atoms. The predicted octanol–water partition coefficient (Wildman–Crippen LogP) is 5.04. The van der Waals surface area contributed by atoms with Crippen LogP contribution in [-0.2, 0) is 6.42 Å². The van der Waals surface area contributed by atoms with Crippen molar-refractivity contribution in [2.75, 3.05) is 6.54 Å². The van der Waals surface area contributed by atoms with Gasteiger partial charge in [0.25, 0.3) is 0 Å². The normalized spacial score (nSPS) is 12.3. The van der Waals surface area contributed by atoms with Crippen molar-refractivity contribution in [2.24, 2.45) is 0 Å². The molecule has 0 radical (unpaired) electrons. The van der Waals surface area contributed by atoms with Crippen molar-refractivity contribution >= 4 is 15.9 Å². The van der Waals surface area contributed by atoms with E-state index in [1.165, 1.54) is 21.2 Å². The first-order chi connectivity index (χ1) is 9.70. The fourth-order valence-corrected chi connectivity index (χ4v) is 2.81. The Morgan fingerprint density at radius 3 is 2.50 bits per heavy atom. The Morgan fingerprint density at radius 1 is 1.10 bits per heavy atom. The van der Waals surface area contributed by atoms with Gasteiger partial charge in [0.1, 0.15) is 0 Å². The fourth-order valence-electron chi connectivity index (χ4n) is 2.41. The van der Waals surface area contributed by atoms with E-state index in [0.29, 0.717) is 6.04 Å². The monoisotopic (exact) mass is 331 g/mol. The summed E-state index contributed by atoms with van der Waals surface area (Å²) in [7, 11) is 0. The second-order valence-corrected chi connectivity index (χ2v) is 6.00. The smallest absolute Gasteiger partial charge is 0.0323 e. The molecule has 20 heavy (non-hydrogen) atoms. The lowest BCUT2D eigenvalue weighted by atomic mass is 9.98. The van der Waals surface area contributed by atoms with Crippen LogP contribution in [0.2, 0.25) is 0 Å². The van der Waals surface area contributed by atoms with Crippen LogP contribution in [-0.4, -0.2) is 6.54 Å². The first kappa shape index (κ1) is 15.3. The minimum absolute atomic E-state index is 0.414. The van der Waals surface area contributed by atoms with Crippen LogP contribution in [0.5, 0.6) is 0 Å². The van der Waals surface area contributed by atoms with Gasteiger partial charge in [-0.05, 0) is 49.1 Å². The van der Waals surface area contributed by atoms with E-state index in [1.807, 2.05) is 0 Å². The maximum Gasteiger partial charge on any atom is 0.0323 e. The molecule has 1 unspecified atom stereocenters. The maximum absolute atomic E-state index is 3.63.